The second-order valence-electron chi connectivity index (χ2n) is 4.37. The number of Topliss-reactive ketones (excluding diaryl/α,β-unsaturated/α-hetero) is 1. The summed E-state index contributed by atoms with van der Waals surface area (Å²) >= 11 is 0. The lowest BCUT2D eigenvalue weighted by Crippen LogP contribution is -2.31. The Hall–Kier alpha value is -0.370. The minimum atomic E-state index is 0.217. The summed E-state index contributed by atoms with van der Waals surface area (Å²) in [4.78, 5) is 13.6. The van der Waals surface area contributed by atoms with E-state index in [0.717, 1.165) is 13.0 Å². The minimum Gasteiger partial charge on any atom is -0.299 e. The van der Waals surface area contributed by atoms with E-state index in [0.29, 0.717) is 18.2 Å². The van der Waals surface area contributed by atoms with Gasteiger partial charge >= 0.3 is 0 Å². The van der Waals surface area contributed by atoms with Crippen LogP contribution in [0.15, 0.2) is 0 Å². The average molecular weight is 185 g/mol. The summed E-state index contributed by atoms with van der Waals surface area (Å²) in [6, 6.07) is 0. The fraction of sp³-hybridized carbons (Fsp3) is 0.909. The first kappa shape index (κ1) is 12.6. The van der Waals surface area contributed by atoms with Crippen molar-refractivity contribution in [3.8, 4) is 0 Å². The van der Waals surface area contributed by atoms with Gasteiger partial charge in [0.1, 0.15) is 5.78 Å². The minimum absolute atomic E-state index is 0.217. The third kappa shape index (κ3) is 5.81. The van der Waals surface area contributed by atoms with E-state index < -0.39 is 0 Å². The maximum Gasteiger partial charge on any atom is 0.149 e. The van der Waals surface area contributed by atoms with Gasteiger partial charge in [0.15, 0.2) is 0 Å². The number of rotatable bonds is 6. The van der Waals surface area contributed by atoms with E-state index in [4.69, 9.17) is 0 Å². The third-order valence-corrected chi connectivity index (χ3v) is 2.26. The van der Waals surface area contributed by atoms with Crippen molar-refractivity contribution in [1.29, 1.82) is 0 Å². The van der Waals surface area contributed by atoms with Gasteiger partial charge in [0.05, 0.1) is 6.54 Å². The molecule has 0 aromatic rings. The number of nitrogens with zero attached hydrogens (tertiary/aromatic N) is 1. The molecule has 0 amide bonds. The fourth-order valence-corrected chi connectivity index (χ4v) is 1.34. The molecule has 0 aliphatic rings. The Morgan fingerprint density at radius 2 is 1.85 bits per heavy atom. The van der Waals surface area contributed by atoms with Crippen molar-refractivity contribution in [2.24, 2.45) is 11.8 Å². The molecule has 0 aromatic carbocycles. The zero-order valence-electron chi connectivity index (χ0n) is 9.63. The van der Waals surface area contributed by atoms with E-state index in [1.165, 1.54) is 0 Å². The number of carbonyl (C=O) groups is 1. The zero-order chi connectivity index (χ0) is 10.4. The van der Waals surface area contributed by atoms with Crippen molar-refractivity contribution in [3.05, 3.63) is 0 Å². The van der Waals surface area contributed by atoms with Crippen LogP contribution in [0.4, 0.5) is 0 Å². The van der Waals surface area contributed by atoms with Gasteiger partial charge in [0, 0.05) is 12.5 Å². The van der Waals surface area contributed by atoms with Gasteiger partial charge in [-0.25, -0.2) is 0 Å². The quantitative estimate of drug-likeness (QED) is 0.632. The summed E-state index contributed by atoms with van der Waals surface area (Å²) in [6.45, 7) is 10.0. The van der Waals surface area contributed by atoms with E-state index in [2.05, 4.69) is 25.7 Å². The molecular weight excluding hydrogens is 162 g/mol. The highest BCUT2D eigenvalue weighted by Crippen LogP contribution is 2.04. The Bertz CT molecular complexity index is 154. The van der Waals surface area contributed by atoms with Gasteiger partial charge in [-0.15, -0.1) is 0 Å². The molecule has 0 fully saturated rings. The standard InChI is InChI=1S/C11H23NO/c1-6-10(4)11(13)8-12(5)7-9(2)3/h9-10H,6-8H2,1-5H3. The molecule has 1 unspecified atom stereocenters. The lowest BCUT2D eigenvalue weighted by atomic mass is 10.0. The van der Waals surface area contributed by atoms with Crippen molar-refractivity contribution >= 4 is 5.78 Å². The van der Waals surface area contributed by atoms with E-state index >= 15 is 0 Å². The van der Waals surface area contributed by atoms with E-state index in [1.807, 2.05) is 14.0 Å². The van der Waals surface area contributed by atoms with Crippen molar-refractivity contribution in [2.45, 2.75) is 34.1 Å². The van der Waals surface area contributed by atoms with Crippen LogP contribution in [0.3, 0.4) is 0 Å². The van der Waals surface area contributed by atoms with Crippen LogP contribution >= 0.6 is 0 Å². The SMILES string of the molecule is CCC(C)C(=O)CN(C)CC(C)C. The first-order chi connectivity index (χ1) is 5.97. The Morgan fingerprint density at radius 3 is 2.23 bits per heavy atom. The Balaban J connectivity index is 3.77. The topological polar surface area (TPSA) is 20.3 Å². The summed E-state index contributed by atoms with van der Waals surface area (Å²) in [6.07, 6.45) is 0.953. The molecule has 78 valence electrons. The smallest absolute Gasteiger partial charge is 0.149 e. The summed E-state index contributed by atoms with van der Waals surface area (Å²) in [7, 11) is 2.01. The predicted molar refractivity (Wildman–Crippen MR) is 56.8 cm³/mol. The molecule has 0 spiro atoms. The number of ketones is 1. The molecule has 0 saturated heterocycles. The Labute approximate surface area is 82.3 Å². The predicted octanol–water partition coefficient (Wildman–Crippen LogP) is 2.19. The van der Waals surface area contributed by atoms with Crippen LogP contribution in [0, 0.1) is 11.8 Å². The van der Waals surface area contributed by atoms with Crippen LogP contribution in [0.1, 0.15) is 34.1 Å². The van der Waals surface area contributed by atoms with Crippen LogP contribution in [0.5, 0.6) is 0 Å². The number of likely N-dealkylation sites (N-methyl/N-ethyl adjacent to an activating group) is 1. The Morgan fingerprint density at radius 1 is 1.31 bits per heavy atom. The number of hydrogen-bond donors (Lipinski definition) is 0. The van der Waals surface area contributed by atoms with Crippen LogP contribution in [0.2, 0.25) is 0 Å². The van der Waals surface area contributed by atoms with Crippen LogP contribution in [-0.4, -0.2) is 30.8 Å². The van der Waals surface area contributed by atoms with Crippen LogP contribution in [0.25, 0.3) is 0 Å². The highest BCUT2D eigenvalue weighted by molar-refractivity contribution is 5.82. The lowest BCUT2D eigenvalue weighted by Gasteiger charge is -2.19. The normalized spacial score (nSPS) is 13.8. The van der Waals surface area contributed by atoms with Gasteiger partial charge in [0.25, 0.3) is 0 Å². The molecule has 0 bridgehead atoms. The molecule has 0 N–H and O–H groups in total. The zero-order valence-corrected chi connectivity index (χ0v) is 9.63. The lowest BCUT2D eigenvalue weighted by molar-refractivity contribution is -0.123. The molecule has 2 heteroatoms. The first-order valence-corrected chi connectivity index (χ1v) is 5.18. The molecule has 13 heavy (non-hydrogen) atoms. The molecule has 0 aromatic heterocycles. The molecule has 0 radical (unpaired) electrons. The number of hydrogen-bond acceptors (Lipinski definition) is 2. The molecule has 2 nitrogen and oxygen atoms in total. The average Bonchev–Trinajstić information content (AvgIpc) is 2.01. The molecular formula is C11H23NO. The maximum atomic E-state index is 11.5. The summed E-state index contributed by atoms with van der Waals surface area (Å²) in [5.74, 6) is 1.22. The second kappa shape index (κ2) is 6.14. The summed E-state index contributed by atoms with van der Waals surface area (Å²) < 4.78 is 0. The van der Waals surface area contributed by atoms with Gasteiger partial charge in [-0.1, -0.05) is 27.7 Å². The van der Waals surface area contributed by atoms with Gasteiger partial charge in [-0.3, -0.25) is 9.69 Å². The largest absolute Gasteiger partial charge is 0.299 e. The highest BCUT2D eigenvalue weighted by atomic mass is 16.1. The molecule has 0 aliphatic carbocycles. The van der Waals surface area contributed by atoms with Crippen LogP contribution in [-0.2, 0) is 4.79 Å². The second-order valence-corrected chi connectivity index (χ2v) is 4.37. The molecule has 0 rings (SSSR count). The highest BCUT2D eigenvalue weighted by Gasteiger charge is 2.13. The first-order valence-electron chi connectivity index (χ1n) is 5.18. The van der Waals surface area contributed by atoms with Crippen molar-refractivity contribution in [2.75, 3.05) is 20.1 Å². The van der Waals surface area contributed by atoms with Crippen molar-refractivity contribution in [1.82, 2.24) is 4.90 Å². The van der Waals surface area contributed by atoms with Crippen molar-refractivity contribution < 1.29 is 4.79 Å². The molecule has 0 heterocycles. The summed E-state index contributed by atoms with van der Waals surface area (Å²) in [5, 5.41) is 0. The van der Waals surface area contributed by atoms with E-state index in [1.54, 1.807) is 0 Å². The van der Waals surface area contributed by atoms with Gasteiger partial charge in [0.2, 0.25) is 0 Å². The van der Waals surface area contributed by atoms with Gasteiger partial charge in [-0.05, 0) is 19.4 Å². The fourth-order valence-electron chi connectivity index (χ4n) is 1.34. The monoisotopic (exact) mass is 185 g/mol. The van der Waals surface area contributed by atoms with Gasteiger partial charge in [-0.2, -0.15) is 0 Å². The molecule has 0 aliphatic heterocycles. The molecule has 0 saturated carbocycles. The van der Waals surface area contributed by atoms with E-state index in [-0.39, 0.29) is 5.92 Å². The third-order valence-electron chi connectivity index (χ3n) is 2.26. The number of carbonyl (C=O) groups excluding carboxylic acids is 1. The summed E-state index contributed by atoms with van der Waals surface area (Å²) in [5.41, 5.74) is 0. The van der Waals surface area contributed by atoms with Crippen LogP contribution < -0.4 is 0 Å². The van der Waals surface area contributed by atoms with Gasteiger partial charge < -0.3 is 0 Å². The maximum absolute atomic E-state index is 11.5. The molecule has 1 atom stereocenters. The van der Waals surface area contributed by atoms with Crippen molar-refractivity contribution in [3.63, 3.8) is 0 Å². The Kier molecular flexibility index (Phi) is 5.97. The van der Waals surface area contributed by atoms with E-state index in [9.17, 15) is 4.79 Å².